The van der Waals surface area contributed by atoms with Gasteiger partial charge in [-0.05, 0) is 70.5 Å². The maximum atomic E-state index is 12.5. The van der Waals surface area contributed by atoms with E-state index in [1.807, 2.05) is 32.9 Å². The number of aryl methyl sites for hydroxylation is 2. The maximum Gasteiger partial charge on any atom is 0.240 e. The number of carbonyl (C=O) groups excluding carboxylic acids is 1. The third kappa shape index (κ3) is 6.09. The largest absolute Gasteiger partial charge is 0.325 e. The molecule has 7 heteroatoms. The zero-order chi connectivity index (χ0) is 20.2. The molecule has 5 nitrogen and oxygen atoms in total. The Morgan fingerprint density at radius 3 is 2.19 bits per heavy atom. The van der Waals surface area contributed by atoms with Crippen molar-refractivity contribution < 1.29 is 13.2 Å². The van der Waals surface area contributed by atoms with E-state index in [0.29, 0.717) is 5.69 Å². The van der Waals surface area contributed by atoms with Crippen LogP contribution in [0.2, 0.25) is 0 Å². The Morgan fingerprint density at radius 2 is 1.63 bits per heavy atom. The van der Waals surface area contributed by atoms with Crippen LogP contribution in [-0.4, -0.2) is 25.6 Å². The molecule has 146 valence electrons. The SMILES string of the molecule is Cc1ccc(S[C@H](C)C(=O)Nc2ccc(S(=O)(=O)NC(C)C)cc2)c(C)c1. The van der Waals surface area contributed by atoms with Gasteiger partial charge in [-0.25, -0.2) is 13.1 Å². The molecule has 0 spiro atoms. The summed E-state index contributed by atoms with van der Waals surface area (Å²) in [5, 5.41) is 2.56. The second-order valence-electron chi connectivity index (χ2n) is 6.82. The van der Waals surface area contributed by atoms with E-state index in [0.717, 1.165) is 10.5 Å². The Morgan fingerprint density at radius 1 is 1.00 bits per heavy atom. The van der Waals surface area contributed by atoms with Gasteiger partial charge in [-0.2, -0.15) is 0 Å². The number of amides is 1. The Balaban J connectivity index is 2.02. The van der Waals surface area contributed by atoms with Crippen molar-refractivity contribution in [3.05, 3.63) is 53.6 Å². The Kier molecular flexibility index (Phi) is 7.08. The van der Waals surface area contributed by atoms with Gasteiger partial charge in [0.1, 0.15) is 0 Å². The molecular formula is C20H26N2O3S2. The number of hydrogen-bond donors (Lipinski definition) is 2. The van der Waals surface area contributed by atoms with Gasteiger partial charge in [0.25, 0.3) is 0 Å². The highest BCUT2D eigenvalue weighted by atomic mass is 32.2. The van der Waals surface area contributed by atoms with Gasteiger partial charge >= 0.3 is 0 Å². The van der Waals surface area contributed by atoms with Crippen molar-refractivity contribution in [2.45, 2.75) is 55.7 Å². The summed E-state index contributed by atoms with van der Waals surface area (Å²) in [4.78, 5) is 13.7. The lowest BCUT2D eigenvalue weighted by Crippen LogP contribution is -2.30. The molecule has 0 bridgehead atoms. The van der Waals surface area contributed by atoms with E-state index in [1.54, 1.807) is 26.0 Å². The second kappa shape index (κ2) is 8.91. The molecule has 0 aliphatic heterocycles. The first-order valence-corrected chi connectivity index (χ1v) is 11.1. The summed E-state index contributed by atoms with van der Waals surface area (Å²) >= 11 is 1.50. The van der Waals surface area contributed by atoms with E-state index >= 15 is 0 Å². The fourth-order valence-corrected chi connectivity index (χ4v) is 4.70. The summed E-state index contributed by atoms with van der Waals surface area (Å²) in [6.45, 7) is 9.45. The van der Waals surface area contributed by atoms with Gasteiger partial charge in [-0.15, -0.1) is 11.8 Å². The van der Waals surface area contributed by atoms with E-state index < -0.39 is 10.0 Å². The molecule has 0 radical (unpaired) electrons. The Labute approximate surface area is 166 Å². The third-order valence-corrected chi connectivity index (χ3v) is 6.78. The van der Waals surface area contributed by atoms with Crippen molar-refractivity contribution in [1.29, 1.82) is 0 Å². The van der Waals surface area contributed by atoms with E-state index in [2.05, 4.69) is 16.1 Å². The van der Waals surface area contributed by atoms with Crippen LogP contribution in [0.3, 0.4) is 0 Å². The van der Waals surface area contributed by atoms with Crippen LogP contribution < -0.4 is 10.0 Å². The van der Waals surface area contributed by atoms with Crippen LogP contribution in [0.1, 0.15) is 31.9 Å². The number of thioether (sulfide) groups is 1. The van der Waals surface area contributed by atoms with Crippen molar-refractivity contribution >= 4 is 33.4 Å². The molecule has 1 atom stereocenters. The number of nitrogens with one attached hydrogen (secondary N) is 2. The van der Waals surface area contributed by atoms with E-state index in [4.69, 9.17) is 0 Å². The standard InChI is InChI=1S/C20H26N2O3S2/c1-13(2)22-27(24,25)18-9-7-17(8-10-18)21-20(23)16(5)26-19-11-6-14(3)12-15(19)4/h6-13,16,22H,1-5H3,(H,21,23)/t16-/m1/s1. The molecule has 0 saturated heterocycles. The van der Waals surface area contributed by atoms with Crippen molar-refractivity contribution in [3.8, 4) is 0 Å². The molecule has 0 aliphatic rings. The van der Waals surface area contributed by atoms with Crippen LogP contribution in [0, 0.1) is 13.8 Å². The van der Waals surface area contributed by atoms with Gasteiger partial charge in [0.2, 0.25) is 15.9 Å². The molecule has 27 heavy (non-hydrogen) atoms. The van der Waals surface area contributed by atoms with Gasteiger partial charge < -0.3 is 5.32 Å². The first-order valence-electron chi connectivity index (χ1n) is 8.75. The Bertz CT molecular complexity index is 907. The molecule has 2 aromatic rings. The van der Waals surface area contributed by atoms with Gasteiger partial charge in [-0.3, -0.25) is 4.79 Å². The first-order chi connectivity index (χ1) is 12.6. The molecule has 0 fully saturated rings. The van der Waals surface area contributed by atoms with E-state index in [9.17, 15) is 13.2 Å². The molecule has 0 aromatic heterocycles. The lowest BCUT2D eigenvalue weighted by atomic mass is 10.2. The average molecular weight is 407 g/mol. The molecule has 0 heterocycles. The molecular weight excluding hydrogens is 380 g/mol. The number of benzene rings is 2. The quantitative estimate of drug-likeness (QED) is 0.679. The summed E-state index contributed by atoms with van der Waals surface area (Å²) < 4.78 is 26.8. The average Bonchev–Trinajstić information content (AvgIpc) is 2.56. The zero-order valence-corrected chi connectivity index (χ0v) is 17.9. The summed E-state index contributed by atoms with van der Waals surface area (Å²) in [5.74, 6) is -0.129. The number of sulfonamides is 1. The number of hydrogen-bond acceptors (Lipinski definition) is 4. The predicted octanol–water partition coefficient (Wildman–Crippen LogP) is 4.11. The molecule has 1 amide bonds. The summed E-state index contributed by atoms with van der Waals surface area (Å²) in [7, 11) is -3.54. The second-order valence-corrected chi connectivity index (χ2v) is 9.92. The highest BCUT2D eigenvalue weighted by molar-refractivity contribution is 8.00. The fraction of sp³-hybridized carbons (Fsp3) is 0.350. The van der Waals surface area contributed by atoms with Gasteiger partial charge in [0.15, 0.2) is 0 Å². The van der Waals surface area contributed by atoms with Crippen LogP contribution in [0.5, 0.6) is 0 Å². The first kappa shape index (κ1) is 21.5. The lowest BCUT2D eigenvalue weighted by Gasteiger charge is -2.14. The van der Waals surface area contributed by atoms with Gasteiger partial charge in [0.05, 0.1) is 10.1 Å². The minimum atomic E-state index is -3.54. The lowest BCUT2D eigenvalue weighted by molar-refractivity contribution is -0.115. The van der Waals surface area contributed by atoms with Gasteiger partial charge in [0, 0.05) is 16.6 Å². The van der Waals surface area contributed by atoms with Crippen LogP contribution in [0.4, 0.5) is 5.69 Å². The van der Waals surface area contributed by atoms with Crippen molar-refractivity contribution in [1.82, 2.24) is 4.72 Å². The van der Waals surface area contributed by atoms with Crippen LogP contribution in [0.25, 0.3) is 0 Å². The van der Waals surface area contributed by atoms with Crippen molar-refractivity contribution in [3.63, 3.8) is 0 Å². The highest BCUT2D eigenvalue weighted by Gasteiger charge is 2.17. The summed E-state index contributed by atoms with van der Waals surface area (Å²) in [6.07, 6.45) is 0. The maximum absolute atomic E-state index is 12.5. The topological polar surface area (TPSA) is 75.3 Å². The summed E-state index contributed by atoms with van der Waals surface area (Å²) in [5.41, 5.74) is 2.90. The molecule has 2 rings (SSSR count). The van der Waals surface area contributed by atoms with Crippen LogP contribution in [-0.2, 0) is 14.8 Å². The predicted molar refractivity (Wildman–Crippen MR) is 112 cm³/mol. The van der Waals surface area contributed by atoms with E-state index in [-0.39, 0.29) is 22.1 Å². The zero-order valence-electron chi connectivity index (χ0n) is 16.2. The smallest absolute Gasteiger partial charge is 0.240 e. The number of anilines is 1. The molecule has 0 saturated carbocycles. The van der Waals surface area contributed by atoms with Crippen LogP contribution in [0.15, 0.2) is 52.3 Å². The fourth-order valence-electron chi connectivity index (χ4n) is 2.52. The number of carbonyl (C=O) groups is 1. The molecule has 0 unspecified atom stereocenters. The monoisotopic (exact) mass is 406 g/mol. The molecule has 0 aliphatic carbocycles. The number of rotatable bonds is 7. The normalized spacial score (nSPS) is 12.8. The summed E-state index contributed by atoms with van der Waals surface area (Å²) in [6, 6.07) is 12.1. The third-order valence-electron chi connectivity index (χ3n) is 3.83. The van der Waals surface area contributed by atoms with Gasteiger partial charge in [-0.1, -0.05) is 17.7 Å². The van der Waals surface area contributed by atoms with Crippen molar-refractivity contribution in [2.24, 2.45) is 0 Å². The van der Waals surface area contributed by atoms with Crippen molar-refractivity contribution in [2.75, 3.05) is 5.32 Å². The Hall–Kier alpha value is -1.83. The van der Waals surface area contributed by atoms with Crippen LogP contribution >= 0.6 is 11.8 Å². The molecule has 2 N–H and O–H groups in total. The highest BCUT2D eigenvalue weighted by Crippen LogP contribution is 2.28. The minimum Gasteiger partial charge on any atom is -0.325 e. The van der Waals surface area contributed by atoms with E-state index in [1.165, 1.54) is 29.5 Å². The molecule has 2 aromatic carbocycles. The minimum absolute atomic E-state index is 0.129.